The largest absolute Gasteiger partial charge is 0.461 e. The topological polar surface area (TPSA) is 56.5 Å². The SMILES string of the molecule is O=C(CSc1ccc2ccccc2c1Br)OCC(=O)c1ccco1. The molecule has 0 radical (unpaired) electrons. The fraction of sp³-hybridized carbons (Fsp3) is 0.111. The molecule has 0 saturated heterocycles. The fourth-order valence-electron chi connectivity index (χ4n) is 2.16. The van der Waals surface area contributed by atoms with E-state index in [1.165, 1.54) is 24.1 Å². The lowest BCUT2D eigenvalue weighted by Gasteiger charge is -2.08. The van der Waals surface area contributed by atoms with E-state index in [4.69, 9.17) is 9.15 Å². The first-order chi connectivity index (χ1) is 11.6. The third-order valence-electron chi connectivity index (χ3n) is 3.33. The number of ether oxygens (including phenoxy) is 1. The number of thioether (sulfide) groups is 1. The number of fused-ring (bicyclic) bond motifs is 1. The third kappa shape index (κ3) is 3.88. The normalized spacial score (nSPS) is 10.7. The number of hydrogen-bond acceptors (Lipinski definition) is 5. The summed E-state index contributed by atoms with van der Waals surface area (Å²) in [5.41, 5.74) is 0. The molecule has 0 aliphatic carbocycles. The number of hydrogen-bond donors (Lipinski definition) is 0. The van der Waals surface area contributed by atoms with Crippen LogP contribution in [0.2, 0.25) is 0 Å². The minimum absolute atomic E-state index is 0.127. The van der Waals surface area contributed by atoms with Gasteiger partial charge in [0.2, 0.25) is 5.78 Å². The van der Waals surface area contributed by atoms with Crippen LogP contribution < -0.4 is 0 Å². The van der Waals surface area contributed by atoms with Crippen LogP contribution in [0, 0.1) is 0 Å². The Morgan fingerprint density at radius 1 is 1.08 bits per heavy atom. The third-order valence-corrected chi connectivity index (χ3v) is 5.48. The van der Waals surface area contributed by atoms with Gasteiger partial charge in [0.15, 0.2) is 12.4 Å². The number of halogens is 1. The number of ketones is 1. The van der Waals surface area contributed by atoms with E-state index in [0.717, 1.165) is 20.1 Å². The van der Waals surface area contributed by atoms with Crippen molar-refractivity contribution in [1.29, 1.82) is 0 Å². The molecule has 122 valence electrons. The van der Waals surface area contributed by atoms with Crippen molar-refractivity contribution in [2.75, 3.05) is 12.4 Å². The van der Waals surface area contributed by atoms with Gasteiger partial charge in [0.1, 0.15) is 0 Å². The molecule has 0 saturated carbocycles. The van der Waals surface area contributed by atoms with Crippen LogP contribution in [0.1, 0.15) is 10.6 Å². The van der Waals surface area contributed by atoms with Gasteiger partial charge in [0, 0.05) is 9.37 Å². The second kappa shape index (κ2) is 7.68. The summed E-state index contributed by atoms with van der Waals surface area (Å²) in [6.07, 6.45) is 1.40. The Kier molecular flexibility index (Phi) is 5.37. The average molecular weight is 405 g/mol. The van der Waals surface area contributed by atoms with E-state index in [1.54, 1.807) is 6.07 Å². The highest BCUT2D eigenvalue weighted by atomic mass is 79.9. The van der Waals surface area contributed by atoms with E-state index < -0.39 is 5.97 Å². The van der Waals surface area contributed by atoms with E-state index in [2.05, 4.69) is 15.9 Å². The molecule has 0 amide bonds. The second-order valence-electron chi connectivity index (χ2n) is 4.95. The van der Waals surface area contributed by atoms with Crippen molar-refractivity contribution >= 4 is 50.2 Å². The smallest absolute Gasteiger partial charge is 0.316 e. The Labute approximate surface area is 151 Å². The van der Waals surface area contributed by atoms with Crippen molar-refractivity contribution < 1.29 is 18.7 Å². The van der Waals surface area contributed by atoms with Gasteiger partial charge in [-0.3, -0.25) is 9.59 Å². The molecule has 1 heterocycles. The maximum absolute atomic E-state index is 11.8. The maximum Gasteiger partial charge on any atom is 0.316 e. The van der Waals surface area contributed by atoms with Gasteiger partial charge in [0.05, 0.1) is 12.0 Å². The molecule has 4 nitrogen and oxygen atoms in total. The maximum atomic E-state index is 11.8. The zero-order chi connectivity index (χ0) is 16.9. The average Bonchev–Trinajstić information content (AvgIpc) is 3.14. The molecule has 0 unspecified atom stereocenters. The molecule has 0 atom stereocenters. The van der Waals surface area contributed by atoms with Gasteiger partial charge in [0.25, 0.3) is 0 Å². The zero-order valence-electron chi connectivity index (χ0n) is 12.5. The van der Waals surface area contributed by atoms with Crippen LogP contribution in [0.3, 0.4) is 0 Å². The molecule has 0 bridgehead atoms. The van der Waals surface area contributed by atoms with Gasteiger partial charge >= 0.3 is 5.97 Å². The van der Waals surface area contributed by atoms with Gasteiger partial charge in [-0.15, -0.1) is 11.8 Å². The summed E-state index contributed by atoms with van der Waals surface area (Å²) >= 11 is 4.94. The number of benzene rings is 2. The van der Waals surface area contributed by atoms with Crippen molar-refractivity contribution in [3.63, 3.8) is 0 Å². The molecular weight excluding hydrogens is 392 g/mol. The summed E-state index contributed by atoms with van der Waals surface area (Å²) in [6.45, 7) is -0.314. The van der Waals surface area contributed by atoms with Gasteiger partial charge in [-0.25, -0.2) is 0 Å². The minimum atomic E-state index is -0.444. The van der Waals surface area contributed by atoms with Crippen molar-refractivity contribution in [3.05, 3.63) is 65.0 Å². The molecular formula is C18H13BrO4S. The molecule has 0 N–H and O–H groups in total. The van der Waals surface area contributed by atoms with Gasteiger partial charge in [-0.2, -0.15) is 0 Å². The highest BCUT2D eigenvalue weighted by molar-refractivity contribution is 9.10. The Morgan fingerprint density at radius 2 is 1.92 bits per heavy atom. The van der Waals surface area contributed by atoms with Crippen LogP contribution in [0.4, 0.5) is 0 Å². The first kappa shape index (κ1) is 16.8. The molecule has 1 aromatic heterocycles. The summed E-state index contributed by atoms with van der Waals surface area (Å²) in [7, 11) is 0. The molecule has 3 rings (SSSR count). The lowest BCUT2D eigenvalue weighted by Crippen LogP contribution is -2.15. The first-order valence-electron chi connectivity index (χ1n) is 7.17. The standard InChI is InChI=1S/C18H13BrO4S/c19-18-13-5-2-1-4-12(13)7-8-16(18)24-11-17(21)23-10-14(20)15-6-3-9-22-15/h1-9H,10-11H2. The van der Waals surface area contributed by atoms with E-state index in [1.807, 2.05) is 36.4 Å². The van der Waals surface area contributed by atoms with Crippen LogP contribution in [0.5, 0.6) is 0 Å². The van der Waals surface area contributed by atoms with Crippen LogP contribution in [-0.2, 0) is 9.53 Å². The summed E-state index contributed by atoms with van der Waals surface area (Å²) < 4.78 is 10.9. The molecule has 24 heavy (non-hydrogen) atoms. The van der Waals surface area contributed by atoms with Crippen molar-refractivity contribution in [1.82, 2.24) is 0 Å². The number of furan rings is 1. The molecule has 0 aliphatic rings. The van der Waals surface area contributed by atoms with E-state index in [9.17, 15) is 9.59 Å². The Hall–Kier alpha value is -2.05. The number of rotatable bonds is 6. The summed E-state index contributed by atoms with van der Waals surface area (Å²) in [4.78, 5) is 24.5. The molecule has 6 heteroatoms. The first-order valence-corrected chi connectivity index (χ1v) is 8.95. The quantitative estimate of drug-likeness (QED) is 0.338. The number of esters is 1. The van der Waals surface area contributed by atoms with E-state index in [0.29, 0.717) is 0 Å². The second-order valence-corrected chi connectivity index (χ2v) is 6.76. The van der Waals surface area contributed by atoms with Crippen LogP contribution in [0.15, 0.2) is 68.6 Å². The summed E-state index contributed by atoms with van der Waals surface area (Å²) in [6, 6.07) is 15.1. The lowest BCUT2D eigenvalue weighted by atomic mass is 10.1. The number of carbonyl (C=O) groups is 2. The molecule has 2 aromatic carbocycles. The Balaban J connectivity index is 1.56. The number of carbonyl (C=O) groups excluding carboxylic acids is 2. The highest BCUT2D eigenvalue weighted by Crippen LogP contribution is 2.34. The van der Waals surface area contributed by atoms with Gasteiger partial charge in [-0.1, -0.05) is 30.3 Å². The zero-order valence-corrected chi connectivity index (χ0v) is 14.9. The van der Waals surface area contributed by atoms with Crippen LogP contribution in [0.25, 0.3) is 10.8 Å². The fourth-order valence-corrected chi connectivity index (χ4v) is 3.75. The Bertz CT molecular complexity index is 874. The molecule has 3 aromatic rings. The van der Waals surface area contributed by atoms with Crippen molar-refractivity contribution in [2.24, 2.45) is 0 Å². The minimum Gasteiger partial charge on any atom is -0.461 e. The lowest BCUT2D eigenvalue weighted by molar-refractivity contribution is -0.139. The van der Waals surface area contributed by atoms with Gasteiger partial charge in [-0.05, 0) is 44.9 Å². The predicted octanol–water partition coefficient (Wildman–Crippen LogP) is 4.71. The van der Waals surface area contributed by atoms with E-state index in [-0.39, 0.29) is 23.9 Å². The summed E-state index contributed by atoms with van der Waals surface area (Å²) in [5.74, 6) is -0.486. The van der Waals surface area contributed by atoms with Crippen molar-refractivity contribution in [2.45, 2.75) is 4.90 Å². The molecule has 0 spiro atoms. The predicted molar refractivity (Wildman–Crippen MR) is 96.4 cm³/mol. The molecule has 0 aliphatic heterocycles. The van der Waals surface area contributed by atoms with Crippen LogP contribution >= 0.6 is 27.7 Å². The van der Waals surface area contributed by atoms with Crippen molar-refractivity contribution in [3.8, 4) is 0 Å². The molecule has 0 fully saturated rings. The summed E-state index contributed by atoms with van der Waals surface area (Å²) in [5, 5.41) is 2.21. The van der Waals surface area contributed by atoms with Gasteiger partial charge < -0.3 is 9.15 Å². The Morgan fingerprint density at radius 3 is 2.71 bits per heavy atom. The monoisotopic (exact) mass is 404 g/mol. The van der Waals surface area contributed by atoms with Crippen LogP contribution in [-0.4, -0.2) is 24.1 Å². The highest BCUT2D eigenvalue weighted by Gasteiger charge is 2.13. The van der Waals surface area contributed by atoms with E-state index >= 15 is 0 Å². The number of Topliss-reactive ketones (excluding diaryl/α,β-unsaturated/α-hetero) is 1.